The van der Waals surface area contributed by atoms with E-state index in [2.05, 4.69) is 9.97 Å². The second-order valence-corrected chi connectivity index (χ2v) is 4.58. The maximum Gasteiger partial charge on any atom is 0.274 e. The maximum atomic E-state index is 12.2. The fraction of sp³-hybridized carbons (Fsp3) is 0.545. The van der Waals surface area contributed by atoms with Crippen LogP contribution in [0.2, 0.25) is 5.15 Å². The number of morpholine rings is 1. The van der Waals surface area contributed by atoms with Crippen LogP contribution in [-0.2, 0) is 4.74 Å². The Morgan fingerprint density at radius 3 is 2.65 bits per heavy atom. The molecule has 1 aliphatic heterocycles. The van der Waals surface area contributed by atoms with Gasteiger partial charge in [0.25, 0.3) is 5.91 Å². The minimum atomic E-state index is -0.151. The summed E-state index contributed by atoms with van der Waals surface area (Å²) in [7, 11) is 0. The van der Waals surface area contributed by atoms with Crippen LogP contribution in [-0.4, -0.2) is 46.1 Å². The third-order valence-electron chi connectivity index (χ3n) is 2.53. The zero-order valence-electron chi connectivity index (χ0n) is 9.76. The highest BCUT2D eigenvalue weighted by Crippen LogP contribution is 2.13. The number of carbonyl (C=O) groups is 1. The van der Waals surface area contributed by atoms with Gasteiger partial charge < -0.3 is 9.64 Å². The summed E-state index contributed by atoms with van der Waals surface area (Å²) in [5.41, 5.74) is 0.277. The van der Waals surface area contributed by atoms with Gasteiger partial charge in [-0.2, -0.15) is 0 Å². The molecule has 2 atom stereocenters. The van der Waals surface area contributed by atoms with E-state index in [4.69, 9.17) is 16.3 Å². The number of aromatic nitrogens is 2. The van der Waals surface area contributed by atoms with E-state index in [1.54, 1.807) is 4.90 Å². The van der Waals surface area contributed by atoms with Crippen molar-refractivity contribution in [2.45, 2.75) is 26.1 Å². The van der Waals surface area contributed by atoms with Crippen LogP contribution in [0.15, 0.2) is 12.4 Å². The lowest BCUT2D eigenvalue weighted by atomic mass is 10.2. The minimum Gasteiger partial charge on any atom is -0.372 e. The van der Waals surface area contributed by atoms with Crippen LogP contribution in [0.3, 0.4) is 0 Å². The van der Waals surface area contributed by atoms with Crippen LogP contribution in [0.1, 0.15) is 24.3 Å². The smallest absolute Gasteiger partial charge is 0.274 e. The monoisotopic (exact) mass is 255 g/mol. The number of rotatable bonds is 1. The molecule has 0 N–H and O–H groups in total. The lowest BCUT2D eigenvalue weighted by Crippen LogP contribution is -2.48. The highest BCUT2D eigenvalue weighted by Gasteiger charge is 2.27. The first kappa shape index (κ1) is 12.3. The van der Waals surface area contributed by atoms with Gasteiger partial charge in [-0.15, -0.1) is 0 Å². The third kappa shape index (κ3) is 2.92. The largest absolute Gasteiger partial charge is 0.372 e. The number of amides is 1. The summed E-state index contributed by atoms with van der Waals surface area (Å²) >= 11 is 5.72. The van der Waals surface area contributed by atoms with Gasteiger partial charge in [-0.25, -0.2) is 4.98 Å². The molecule has 2 rings (SSSR count). The average Bonchev–Trinajstić information content (AvgIpc) is 2.26. The van der Waals surface area contributed by atoms with E-state index < -0.39 is 0 Å². The first-order chi connectivity index (χ1) is 8.06. The van der Waals surface area contributed by atoms with Crippen molar-refractivity contribution in [1.29, 1.82) is 0 Å². The number of carbonyl (C=O) groups excluding carboxylic acids is 1. The number of hydrogen-bond donors (Lipinski definition) is 0. The van der Waals surface area contributed by atoms with Crippen LogP contribution in [0.25, 0.3) is 0 Å². The van der Waals surface area contributed by atoms with E-state index in [0.717, 1.165) is 0 Å². The molecule has 1 fully saturated rings. The Balaban J connectivity index is 2.14. The van der Waals surface area contributed by atoms with Crippen molar-refractivity contribution >= 4 is 17.5 Å². The molecule has 0 bridgehead atoms. The van der Waals surface area contributed by atoms with E-state index >= 15 is 0 Å². The van der Waals surface area contributed by atoms with Crippen molar-refractivity contribution in [3.8, 4) is 0 Å². The highest BCUT2D eigenvalue weighted by molar-refractivity contribution is 6.29. The maximum absolute atomic E-state index is 12.2. The van der Waals surface area contributed by atoms with Crippen LogP contribution >= 0.6 is 11.6 Å². The lowest BCUT2D eigenvalue weighted by molar-refractivity contribution is -0.0587. The Morgan fingerprint density at radius 2 is 2.06 bits per heavy atom. The van der Waals surface area contributed by atoms with E-state index in [1.165, 1.54) is 12.4 Å². The van der Waals surface area contributed by atoms with E-state index in [0.29, 0.717) is 13.1 Å². The topological polar surface area (TPSA) is 55.3 Å². The van der Waals surface area contributed by atoms with Crippen molar-refractivity contribution in [2.24, 2.45) is 0 Å². The second-order valence-electron chi connectivity index (χ2n) is 4.19. The van der Waals surface area contributed by atoms with E-state index in [9.17, 15) is 4.79 Å². The van der Waals surface area contributed by atoms with Crippen molar-refractivity contribution in [3.63, 3.8) is 0 Å². The summed E-state index contributed by atoms with van der Waals surface area (Å²) in [6.45, 7) is 5.02. The van der Waals surface area contributed by atoms with Gasteiger partial charge in [0.05, 0.1) is 24.6 Å². The van der Waals surface area contributed by atoms with E-state index in [-0.39, 0.29) is 29.0 Å². The number of ether oxygens (including phenoxy) is 1. The van der Waals surface area contributed by atoms with Crippen molar-refractivity contribution in [1.82, 2.24) is 14.9 Å². The van der Waals surface area contributed by atoms with Gasteiger partial charge in [0.15, 0.2) is 0 Å². The molecule has 0 aromatic carbocycles. The van der Waals surface area contributed by atoms with Crippen LogP contribution in [0.4, 0.5) is 0 Å². The average molecular weight is 256 g/mol. The van der Waals surface area contributed by atoms with Crippen LogP contribution < -0.4 is 0 Å². The summed E-state index contributed by atoms with van der Waals surface area (Å²) in [4.78, 5) is 21.7. The Bertz CT molecular complexity index is 417. The standard InChI is InChI=1S/C11H14ClN3O2/c1-7-5-15(6-8(2)17-7)11(16)9-3-13-4-10(12)14-9/h3-4,7-8H,5-6H2,1-2H3. The van der Waals surface area contributed by atoms with Gasteiger partial charge in [0.2, 0.25) is 0 Å². The summed E-state index contributed by atoms with van der Waals surface area (Å²) in [6, 6.07) is 0. The van der Waals surface area contributed by atoms with Gasteiger partial charge in [-0.3, -0.25) is 9.78 Å². The predicted octanol–water partition coefficient (Wildman–Crippen LogP) is 1.38. The first-order valence-corrected chi connectivity index (χ1v) is 5.86. The summed E-state index contributed by atoms with van der Waals surface area (Å²) in [6.07, 6.45) is 2.91. The molecule has 2 heterocycles. The number of nitrogens with zero attached hydrogens (tertiary/aromatic N) is 3. The molecule has 5 nitrogen and oxygen atoms in total. The SMILES string of the molecule is CC1CN(C(=O)c2cncc(Cl)n2)CC(C)O1. The molecule has 6 heteroatoms. The van der Waals surface area contributed by atoms with Crippen LogP contribution in [0, 0.1) is 0 Å². The summed E-state index contributed by atoms with van der Waals surface area (Å²) in [5, 5.41) is 0.227. The molecule has 2 unspecified atom stereocenters. The van der Waals surface area contributed by atoms with Gasteiger partial charge in [-0.1, -0.05) is 11.6 Å². The molecular weight excluding hydrogens is 242 g/mol. The molecule has 1 aromatic rings. The Labute approximate surface area is 105 Å². The zero-order valence-corrected chi connectivity index (χ0v) is 10.5. The van der Waals surface area contributed by atoms with Gasteiger partial charge in [0, 0.05) is 13.1 Å². The normalized spacial score (nSPS) is 24.8. The summed E-state index contributed by atoms with van der Waals surface area (Å²) < 4.78 is 5.57. The number of hydrogen-bond acceptors (Lipinski definition) is 4. The quantitative estimate of drug-likeness (QED) is 0.761. The molecule has 1 amide bonds. The Morgan fingerprint density at radius 1 is 1.41 bits per heavy atom. The van der Waals surface area contributed by atoms with Crippen molar-refractivity contribution < 1.29 is 9.53 Å². The van der Waals surface area contributed by atoms with Gasteiger partial charge >= 0.3 is 0 Å². The van der Waals surface area contributed by atoms with Gasteiger partial charge in [-0.05, 0) is 13.8 Å². The Kier molecular flexibility index (Phi) is 3.59. The van der Waals surface area contributed by atoms with Gasteiger partial charge in [0.1, 0.15) is 10.8 Å². The third-order valence-corrected chi connectivity index (χ3v) is 2.71. The molecule has 1 aliphatic rings. The highest BCUT2D eigenvalue weighted by atomic mass is 35.5. The molecule has 92 valence electrons. The Hall–Kier alpha value is -1.20. The molecule has 1 aromatic heterocycles. The van der Waals surface area contributed by atoms with Crippen molar-refractivity contribution in [2.75, 3.05) is 13.1 Å². The molecule has 1 saturated heterocycles. The zero-order chi connectivity index (χ0) is 12.4. The minimum absolute atomic E-state index is 0.0369. The fourth-order valence-electron chi connectivity index (χ4n) is 1.95. The lowest BCUT2D eigenvalue weighted by Gasteiger charge is -2.35. The molecular formula is C11H14ClN3O2. The molecule has 0 radical (unpaired) electrons. The molecule has 0 spiro atoms. The first-order valence-electron chi connectivity index (χ1n) is 5.48. The molecule has 17 heavy (non-hydrogen) atoms. The van der Waals surface area contributed by atoms with Crippen LogP contribution in [0.5, 0.6) is 0 Å². The second kappa shape index (κ2) is 4.98. The summed E-state index contributed by atoms with van der Waals surface area (Å²) in [5.74, 6) is -0.151. The molecule has 0 saturated carbocycles. The molecule has 0 aliphatic carbocycles. The fourth-order valence-corrected chi connectivity index (χ4v) is 2.10. The van der Waals surface area contributed by atoms with Crippen molar-refractivity contribution in [3.05, 3.63) is 23.2 Å². The van der Waals surface area contributed by atoms with E-state index in [1.807, 2.05) is 13.8 Å². The predicted molar refractivity (Wildman–Crippen MR) is 63.0 cm³/mol. The number of halogens is 1.